The molecule has 1 aliphatic heterocycles. The van der Waals surface area contributed by atoms with Crippen molar-refractivity contribution in [3.05, 3.63) is 63.7 Å². The topological polar surface area (TPSA) is 114 Å². The Morgan fingerprint density at radius 3 is 2.47 bits per heavy atom. The van der Waals surface area contributed by atoms with Gasteiger partial charge in [-0.3, -0.25) is 25.0 Å². The highest BCUT2D eigenvalue weighted by atomic mass is 35.5. The normalized spacial score (nSPS) is 13.4. The molecule has 3 N–H and O–H groups in total. The van der Waals surface area contributed by atoms with Gasteiger partial charge in [-0.05, 0) is 55.3 Å². The Labute approximate surface area is 177 Å². The van der Waals surface area contributed by atoms with E-state index in [0.29, 0.717) is 16.3 Å². The Hall–Kier alpha value is -3.65. The molecule has 8 nitrogen and oxygen atoms in total. The van der Waals surface area contributed by atoms with E-state index in [1.807, 2.05) is 42.7 Å². The van der Waals surface area contributed by atoms with Crippen LogP contribution in [0.1, 0.15) is 16.7 Å². The number of imide groups is 2. The number of hydrogen-bond acceptors (Lipinski definition) is 5. The molecule has 0 radical (unpaired) electrons. The van der Waals surface area contributed by atoms with Gasteiger partial charge in [-0.25, -0.2) is 4.79 Å². The van der Waals surface area contributed by atoms with Crippen molar-refractivity contribution in [2.45, 2.75) is 13.8 Å². The highest BCUT2D eigenvalue weighted by molar-refractivity contribution is 6.32. The molecule has 2 aromatic rings. The molecule has 2 aromatic carbocycles. The van der Waals surface area contributed by atoms with Crippen molar-refractivity contribution in [1.29, 1.82) is 0 Å². The van der Waals surface area contributed by atoms with Gasteiger partial charge in [0.25, 0.3) is 17.7 Å². The summed E-state index contributed by atoms with van der Waals surface area (Å²) < 4.78 is 5.58. The molecule has 1 fully saturated rings. The molecule has 154 valence electrons. The maximum absolute atomic E-state index is 12.3. The largest absolute Gasteiger partial charge is 0.483 e. The van der Waals surface area contributed by atoms with E-state index < -0.39 is 17.8 Å². The molecule has 0 unspecified atom stereocenters. The first-order chi connectivity index (χ1) is 14.2. The summed E-state index contributed by atoms with van der Waals surface area (Å²) in [6.45, 7) is 3.50. The van der Waals surface area contributed by atoms with Gasteiger partial charge in [0.15, 0.2) is 6.61 Å². The third-order valence-corrected chi connectivity index (χ3v) is 4.48. The van der Waals surface area contributed by atoms with E-state index in [1.54, 1.807) is 6.07 Å². The van der Waals surface area contributed by atoms with E-state index in [9.17, 15) is 19.2 Å². The van der Waals surface area contributed by atoms with Gasteiger partial charge in [-0.2, -0.15) is 0 Å². The molecule has 30 heavy (non-hydrogen) atoms. The third-order valence-electron chi connectivity index (χ3n) is 4.24. The van der Waals surface area contributed by atoms with Crippen molar-refractivity contribution in [2.24, 2.45) is 0 Å². The van der Waals surface area contributed by atoms with Crippen molar-refractivity contribution < 1.29 is 23.9 Å². The second kappa shape index (κ2) is 8.79. The number of hydrogen-bond donors (Lipinski definition) is 3. The summed E-state index contributed by atoms with van der Waals surface area (Å²) in [6, 6.07) is 9.35. The second-order valence-electron chi connectivity index (χ2n) is 6.63. The SMILES string of the molecule is Cc1ccc(C)c(NC(=O)COc2ccc(Cl)cc2C=C2C(=O)NC(=O)NC2=O)c1. The van der Waals surface area contributed by atoms with E-state index in [-0.39, 0.29) is 23.8 Å². The lowest BCUT2D eigenvalue weighted by molar-refractivity contribution is -0.124. The standard InChI is InChI=1S/C21H18ClN3O5/c1-11-3-4-12(2)16(7-11)23-18(26)10-30-17-6-5-14(22)8-13(17)9-15-19(27)24-21(29)25-20(15)28/h3-9H,10H2,1-2H3,(H,23,26)(H2,24,25,27,28,29). The number of amides is 5. The average molecular weight is 428 g/mol. The minimum atomic E-state index is -0.896. The van der Waals surface area contributed by atoms with Gasteiger partial charge in [-0.1, -0.05) is 23.7 Å². The van der Waals surface area contributed by atoms with Crippen LogP contribution in [0.5, 0.6) is 5.75 Å². The number of ether oxygens (including phenoxy) is 1. The lowest BCUT2D eigenvalue weighted by Crippen LogP contribution is -2.51. The Kier molecular flexibility index (Phi) is 6.17. The van der Waals surface area contributed by atoms with E-state index >= 15 is 0 Å². The molecule has 9 heteroatoms. The van der Waals surface area contributed by atoms with Crippen LogP contribution in [0.4, 0.5) is 10.5 Å². The molecule has 1 saturated heterocycles. The molecule has 0 bridgehead atoms. The van der Waals surface area contributed by atoms with Crippen molar-refractivity contribution >= 4 is 47.1 Å². The van der Waals surface area contributed by atoms with Crippen molar-refractivity contribution in [3.63, 3.8) is 0 Å². The van der Waals surface area contributed by atoms with E-state index in [0.717, 1.165) is 11.1 Å². The first-order valence-corrected chi connectivity index (χ1v) is 9.28. The Morgan fingerprint density at radius 1 is 1.07 bits per heavy atom. The smallest absolute Gasteiger partial charge is 0.328 e. The van der Waals surface area contributed by atoms with Crippen LogP contribution in [0.3, 0.4) is 0 Å². The van der Waals surface area contributed by atoms with Crippen molar-refractivity contribution in [3.8, 4) is 5.75 Å². The summed E-state index contributed by atoms with van der Waals surface area (Å²) in [5.74, 6) is -1.83. The summed E-state index contributed by atoms with van der Waals surface area (Å²) >= 11 is 6.01. The fourth-order valence-electron chi connectivity index (χ4n) is 2.73. The molecule has 1 heterocycles. The van der Waals surface area contributed by atoms with Gasteiger partial charge >= 0.3 is 6.03 Å². The highest BCUT2D eigenvalue weighted by Crippen LogP contribution is 2.26. The number of barbiturate groups is 1. The van der Waals surface area contributed by atoms with Gasteiger partial charge in [0.05, 0.1) is 0 Å². The maximum Gasteiger partial charge on any atom is 0.328 e. The van der Waals surface area contributed by atoms with Gasteiger partial charge in [0, 0.05) is 16.3 Å². The van der Waals surface area contributed by atoms with E-state index in [1.165, 1.54) is 18.2 Å². The predicted molar refractivity (Wildman–Crippen MR) is 111 cm³/mol. The summed E-state index contributed by atoms with van der Waals surface area (Å²) in [4.78, 5) is 47.4. The minimum Gasteiger partial charge on any atom is -0.483 e. The monoisotopic (exact) mass is 427 g/mol. The van der Waals surface area contributed by atoms with Gasteiger partial charge in [0.2, 0.25) is 0 Å². The minimum absolute atomic E-state index is 0.237. The van der Waals surface area contributed by atoms with Crippen molar-refractivity contribution in [2.75, 3.05) is 11.9 Å². The van der Waals surface area contributed by atoms with Crippen LogP contribution in [0.25, 0.3) is 6.08 Å². The quantitative estimate of drug-likeness (QED) is 0.501. The molecule has 5 amide bonds. The van der Waals surface area contributed by atoms with Crippen molar-refractivity contribution in [1.82, 2.24) is 10.6 Å². The molecular formula is C21H18ClN3O5. The van der Waals surface area contributed by atoms with E-state index in [2.05, 4.69) is 5.32 Å². The lowest BCUT2D eigenvalue weighted by atomic mass is 10.1. The second-order valence-corrected chi connectivity index (χ2v) is 7.07. The number of anilines is 1. The zero-order valence-corrected chi connectivity index (χ0v) is 16.9. The zero-order chi connectivity index (χ0) is 21.8. The zero-order valence-electron chi connectivity index (χ0n) is 16.2. The van der Waals surface area contributed by atoms with Crippen LogP contribution in [0.2, 0.25) is 5.02 Å². The first kappa shape index (κ1) is 21.1. The van der Waals surface area contributed by atoms with E-state index in [4.69, 9.17) is 16.3 Å². The van der Waals surface area contributed by atoms with Crippen LogP contribution in [0.15, 0.2) is 42.0 Å². The number of carbonyl (C=O) groups excluding carboxylic acids is 4. The lowest BCUT2D eigenvalue weighted by Gasteiger charge is -2.15. The number of aryl methyl sites for hydroxylation is 2. The van der Waals surface area contributed by atoms with Gasteiger partial charge < -0.3 is 10.1 Å². The van der Waals surface area contributed by atoms with Gasteiger partial charge in [0.1, 0.15) is 11.3 Å². The molecule has 1 aliphatic rings. The number of carbonyl (C=O) groups is 4. The third kappa shape index (κ3) is 5.03. The van der Waals surface area contributed by atoms with Crippen LogP contribution in [0, 0.1) is 13.8 Å². The molecule has 0 spiro atoms. The number of halogens is 1. The molecule has 0 aliphatic carbocycles. The number of nitrogens with one attached hydrogen (secondary N) is 3. The Balaban J connectivity index is 1.77. The highest BCUT2D eigenvalue weighted by Gasteiger charge is 2.28. The molecule has 0 atom stereocenters. The maximum atomic E-state index is 12.3. The number of urea groups is 1. The summed E-state index contributed by atoms with van der Waals surface area (Å²) in [5.41, 5.74) is 2.61. The van der Waals surface area contributed by atoms with Crippen LogP contribution < -0.4 is 20.7 Å². The summed E-state index contributed by atoms with van der Waals surface area (Å²) in [5, 5.41) is 7.09. The Morgan fingerprint density at radius 2 is 1.77 bits per heavy atom. The van der Waals surface area contributed by atoms with Crippen LogP contribution >= 0.6 is 11.6 Å². The fraction of sp³-hybridized carbons (Fsp3) is 0.143. The first-order valence-electron chi connectivity index (χ1n) is 8.91. The molecule has 3 rings (SSSR count). The molecular weight excluding hydrogens is 410 g/mol. The fourth-order valence-corrected chi connectivity index (χ4v) is 2.91. The van der Waals surface area contributed by atoms with Gasteiger partial charge in [-0.15, -0.1) is 0 Å². The summed E-state index contributed by atoms with van der Waals surface area (Å²) in [6.07, 6.45) is 1.24. The molecule has 0 saturated carbocycles. The number of rotatable bonds is 5. The Bertz CT molecular complexity index is 1070. The predicted octanol–water partition coefficient (Wildman–Crippen LogP) is 2.72. The molecule has 0 aromatic heterocycles. The van der Waals surface area contributed by atoms with Crippen LogP contribution in [-0.2, 0) is 14.4 Å². The summed E-state index contributed by atoms with van der Waals surface area (Å²) in [7, 11) is 0. The van der Waals surface area contributed by atoms with Crippen LogP contribution in [-0.4, -0.2) is 30.4 Å². The average Bonchev–Trinajstić information content (AvgIpc) is 2.67. The number of benzene rings is 2.